The molecule has 2 unspecified atom stereocenters. The molecule has 1 aromatic heterocycles. The van der Waals surface area contributed by atoms with Gasteiger partial charge in [-0.2, -0.15) is 0 Å². The zero-order valence-electron chi connectivity index (χ0n) is 22.7. The molecule has 3 heterocycles. The van der Waals surface area contributed by atoms with Crippen molar-refractivity contribution in [2.24, 2.45) is 0 Å². The molecule has 2 atom stereocenters. The summed E-state index contributed by atoms with van der Waals surface area (Å²) in [4.78, 5) is 37.1. The molecule has 41 heavy (non-hydrogen) atoms. The second-order valence-electron chi connectivity index (χ2n) is 10.0. The van der Waals surface area contributed by atoms with Gasteiger partial charge in [-0.05, 0) is 55.2 Å². The Morgan fingerprint density at radius 3 is 2.71 bits per heavy atom. The Morgan fingerprint density at radius 1 is 1.20 bits per heavy atom. The fourth-order valence-electron chi connectivity index (χ4n) is 5.02. The normalized spacial score (nSPS) is 16.7. The molecule has 2 aromatic carbocycles. The number of methoxy groups -OCH3 is 1. The predicted octanol–water partition coefficient (Wildman–Crippen LogP) is 4.24. The molecule has 2 amide bonds. The van der Waals surface area contributed by atoms with E-state index in [1.807, 2.05) is 12.1 Å². The van der Waals surface area contributed by atoms with Gasteiger partial charge in [-0.15, -0.1) is 0 Å². The quantitative estimate of drug-likeness (QED) is 0.333. The molecule has 10 nitrogen and oxygen atoms in total. The number of hydrogen-bond donors (Lipinski definition) is 3. The van der Waals surface area contributed by atoms with Crippen LogP contribution < -0.4 is 15.4 Å². The molecule has 216 valence electrons. The third-order valence-electron chi connectivity index (χ3n) is 7.44. The molecule has 3 aromatic rings. The second-order valence-corrected chi connectivity index (χ2v) is 10.8. The molecule has 0 radical (unpaired) electrons. The summed E-state index contributed by atoms with van der Waals surface area (Å²) in [5.41, 5.74) is 2.97. The van der Waals surface area contributed by atoms with Gasteiger partial charge in [0, 0.05) is 41.9 Å². The summed E-state index contributed by atoms with van der Waals surface area (Å²) >= 11 is 12.8. The smallest absolute Gasteiger partial charge is 0.255 e. The Bertz CT molecular complexity index is 1450. The molecule has 0 aliphatic carbocycles. The fraction of sp³-hybridized carbons (Fsp3) is 0.379. The maximum atomic E-state index is 13.5. The number of nitrogens with one attached hydrogen (secondary N) is 2. The molecule has 1 fully saturated rings. The predicted molar refractivity (Wildman–Crippen MR) is 155 cm³/mol. The van der Waals surface area contributed by atoms with Crippen LogP contribution in [0.3, 0.4) is 0 Å². The molecule has 2 aliphatic heterocycles. The van der Waals surface area contributed by atoms with E-state index in [0.29, 0.717) is 57.3 Å². The Labute approximate surface area is 248 Å². The average molecular weight is 601 g/mol. The lowest BCUT2D eigenvalue weighted by molar-refractivity contribution is -0.126. The largest absolute Gasteiger partial charge is 0.497 e. The number of amides is 2. The van der Waals surface area contributed by atoms with Gasteiger partial charge in [0.05, 0.1) is 36.7 Å². The zero-order chi connectivity index (χ0) is 29.1. The van der Waals surface area contributed by atoms with Gasteiger partial charge >= 0.3 is 0 Å². The molecule has 5 rings (SSSR count). The van der Waals surface area contributed by atoms with Gasteiger partial charge in [-0.3, -0.25) is 9.59 Å². The summed E-state index contributed by atoms with van der Waals surface area (Å²) in [6.45, 7) is 2.91. The van der Waals surface area contributed by atoms with Crippen molar-refractivity contribution in [1.82, 2.24) is 20.2 Å². The van der Waals surface area contributed by atoms with Crippen LogP contribution in [0.25, 0.3) is 11.3 Å². The minimum atomic E-state index is -0.810. The maximum Gasteiger partial charge on any atom is 0.255 e. The molecule has 3 N–H and O–H groups in total. The minimum absolute atomic E-state index is 0.214. The van der Waals surface area contributed by atoms with E-state index < -0.39 is 18.0 Å². The Hall–Kier alpha value is -3.44. The van der Waals surface area contributed by atoms with E-state index in [1.54, 1.807) is 37.4 Å². The molecule has 0 spiro atoms. The van der Waals surface area contributed by atoms with Gasteiger partial charge in [-0.25, -0.2) is 9.97 Å². The molecule has 12 heteroatoms. The lowest BCUT2D eigenvalue weighted by Gasteiger charge is -2.26. The number of carbonyl (C=O) groups excluding carboxylic acids is 2. The highest BCUT2D eigenvalue weighted by Gasteiger charge is 2.35. The number of aliphatic hydroxyl groups is 1. The first-order valence-electron chi connectivity index (χ1n) is 13.3. The van der Waals surface area contributed by atoms with Crippen LogP contribution in [0, 0.1) is 0 Å². The van der Waals surface area contributed by atoms with Crippen LogP contribution in [0.2, 0.25) is 10.0 Å². The first kappa shape index (κ1) is 29.1. The number of aromatic nitrogens is 2. The maximum absolute atomic E-state index is 13.5. The number of fused-ring (bicyclic) bond motifs is 1. The summed E-state index contributed by atoms with van der Waals surface area (Å²) in [6.07, 6.45) is 3.27. The molecule has 0 saturated carbocycles. The highest BCUT2D eigenvalue weighted by atomic mass is 35.5. The fourth-order valence-corrected chi connectivity index (χ4v) is 5.47. The van der Waals surface area contributed by atoms with Crippen LogP contribution in [0.15, 0.2) is 42.6 Å². The van der Waals surface area contributed by atoms with Gasteiger partial charge in [-0.1, -0.05) is 35.3 Å². The second kappa shape index (κ2) is 12.6. The lowest BCUT2D eigenvalue weighted by Crippen LogP contribution is -2.46. The molecule has 0 bridgehead atoms. The average Bonchev–Trinajstić information content (AvgIpc) is 3.32. The summed E-state index contributed by atoms with van der Waals surface area (Å²) in [5.74, 6) is 0.299. The molecular weight excluding hydrogens is 569 g/mol. The monoisotopic (exact) mass is 599 g/mol. The highest BCUT2D eigenvalue weighted by molar-refractivity contribution is 6.33. The number of nitrogens with zero attached hydrogens (tertiary/aromatic N) is 3. The SMILES string of the molecule is COc1ccc(Cl)c(C(CO)NC(=O)C(C)N2Cc3ccc(-c4nc(NC5CCOCC5)ncc4Cl)cc3C2=O)c1. The summed E-state index contributed by atoms with van der Waals surface area (Å²) in [5, 5.41) is 16.9. The third-order valence-corrected chi connectivity index (χ3v) is 8.06. The first-order chi connectivity index (χ1) is 19.8. The van der Waals surface area contributed by atoms with E-state index in [4.69, 9.17) is 32.7 Å². The van der Waals surface area contributed by atoms with Crippen molar-refractivity contribution in [1.29, 1.82) is 0 Å². The van der Waals surface area contributed by atoms with Crippen molar-refractivity contribution in [3.05, 3.63) is 69.3 Å². The van der Waals surface area contributed by atoms with Crippen LogP contribution in [0.4, 0.5) is 5.95 Å². The van der Waals surface area contributed by atoms with E-state index in [-0.39, 0.29) is 25.1 Å². The lowest BCUT2D eigenvalue weighted by atomic mass is 10.0. The minimum Gasteiger partial charge on any atom is -0.497 e. The number of ether oxygens (including phenoxy) is 2. The Morgan fingerprint density at radius 2 is 1.98 bits per heavy atom. The summed E-state index contributed by atoms with van der Waals surface area (Å²) < 4.78 is 10.7. The van der Waals surface area contributed by atoms with Crippen LogP contribution >= 0.6 is 23.2 Å². The number of anilines is 1. The van der Waals surface area contributed by atoms with E-state index in [0.717, 1.165) is 18.4 Å². The van der Waals surface area contributed by atoms with Crippen molar-refractivity contribution in [2.75, 3.05) is 32.2 Å². The van der Waals surface area contributed by atoms with E-state index in [2.05, 4.69) is 20.6 Å². The van der Waals surface area contributed by atoms with Gasteiger partial charge in [0.2, 0.25) is 11.9 Å². The molecule has 2 aliphatic rings. The van der Waals surface area contributed by atoms with Crippen molar-refractivity contribution < 1.29 is 24.2 Å². The van der Waals surface area contributed by atoms with Gasteiger partial charge in [0.25, 0.3) is 5.91 Å². The number of halogens is 2. The van der Waals surface area contributed by atoms with E-state index in [9.17, 15) is 14.7 Å². The van der Waals surface area contributed by atoms with E-state index >= 15 is 0 Å². The summed E-state index contributed by atoms with van der Waals surface area (Å²) in [6, 6.07) is 9.08. The van der Waals surface area contributed by atoms with Gasteiger partial charge < -0.3 is 30.1 Å². The van der Waals surface area contributed by atoms with Crippen molar-refractivity contribution in [2.45, 2.75) is 44.4 Å². The topological polar surface area (TPSA) is 126 Å². The van der Waals surface area contributed by atoms with Crippen molar-refractivity contribution >= 4 is 41.0 Å². The standard InChI is InChI=1S/C29H31Cl2N5O5/c1-16(27(38)34-25(15-37)22-12-20(40-2)5-6-23(22)30)36-14-18-4-3-17(11-21(18)28(36)39)26-24(31)13-32-29(35-26)33-19-7-9-41-10-8-19/h3-6,11-13,16,19,25,37H,7-10,14-15H2,1-2H3,(H,34,38)(H,32,33,35). The summed E-state index contributed by atoms with van der Waals surface area (Å²) in [7, 11) is 1.52. The van der Waals surface area contributed by atoms with Crippen LogP contribution in [-0.4, -0.2) is 70.8 Å². The Kier molecular flexibility index (Phi) is 8.94. The third kappa shape index (κ3) is 6.25. The molecular formula is C29H31Cl2N5O5. The van der Waals surface area contributed by atoms with Crippen LogP contribution in [-0.2, 0) is 16.1 Å². The van der Waals surface area contributed by atoms with Crippen LogP contribution in [0.5, 0.6) is 5.75 Å². The van der Waals surface area contributed by atoms with Crippen molar-refractivity contribution in [3.8, 4) is 17.0 Å². The van der Waals surface area contributed by atoms with E-state index in [1.165, 1.54) is 12.0 Å². The highest BCUT2D eigenvalue weighted by Crippen LogP contribution is 2.33. The number of carbonyl (C=O) groups is 2. The number of rotatable bonds is 9. The first-order valence-corrected chi connectivity index (χ1v) is 14.1. The van der Waals surface area contributed by atoms with Gasteiger partial charge in [0.1, 0.15) is 11.8 Å². The van der Waals surface area contributed by atoms with Crippen molar-refractivity contribution in [3.63, 3.8) is 0 Å². The Balaban J connectivity index is 1.31. The number of aliphatic hydroxyl groups excluding tert-OH is 1. The van der Waals surface area contributed by atoms with Crippen LogP contribution in [0.1, 0.15) is 47.3 Å². The molecule has 1 saturated heterocycles. The number of hydrogen-bond acceptors (Lipinski definition) is 8. The number of benzene rings is 2. The van der Waals surface area contributed by atoms with Gasteiger partial charge in [0.15, 0.2) is 0 Å². The zero-order valence-corrected chi connectivity index (χ0v) is 24.2.